The van der Waals surface area contributed by atoms with Crippen LogP contribution in [0.5, 0.6) is 0 Å². The molecule has 6 atom stereocenters. The van der Waals surface area contributed by atoms with Gasteiger partial charge in [0.2, 0.25) is 5.28 Å². The molecule has 3 saturated carbocycles. The van der Waals surface area contributed by atoms with Crippen molar-refractivity contribution >= 4 is 28.6 Å². The smallest absolute Gasteiger partial charge is 0.226 e. The van der Waals surface area contributed by atoms with E-state index in [1.165, 1.54) is 18.4 Å². The highest BCUT2D eigenvalue weighted by atomic mass is 35.5. The minimum Gasteiger partial charge on any atom is -0.361 e. The number of anilines is 1. The molecule has 0 bridgehead atoms. The Bertz CT molecular complexity index is 1190. The molecule has 3 aliphatic carbocycles. The number of rotatable bonds is 5. The van der Waals surface area contributed by atoms with Crippen molar-refractivity contribution in [1.29, 1.82) is 0 Å². The molecule has 1 aliphatic heterocycles. The van der Waals surface area contributed by atoms with E-state index in [9.17, 15) is 0 Å². The number of hydrogen-bond donors (Lipinski definition) is 1. The minimum absolute atomic E-state index is 0.0137. The number of nitrogens with one attached hydrogen (secondary N) is 1. The fourth-order valence-corrected chi connectivity index (χ4v) is 6.11. The quantitative estimate of drug-likeness (QED) is 0.564. The molecular weight excluding hydrogens is 426 g/mol. The fourth-order valence-electron chi connectivity index (χ4n) is 5.95. The molecule has 4 aliphatic rings. The lowest BCUT2D eigenvalue weighted by molar-refractivity contribution is -0.156. The standard InChI is InChI=1S/C24H26ClN5O2/c1-24(2)31-19-15-10-14(15)18(20(19)32-24)30-11-26-17-21(28-23(25)29-22(17)30)27-16(13-8-9-13)12-6-4-3-5-7-12/h3-7,11,13-16,18-20H,8-10H2,1-2H3,(H,27,28,29)/t14-,15+,16-,18+,19+,20-/m0/s1. The third-order valence-corrected chi connectivity index (χ3v) is 7.68. The van der Waals surface area contributed by atoms with Gasteiger partial charge in [-0.25, -0.2) is 4.98 Å². The summed E-state index contributed by atoms with van der Waals surface area (Å²) in [6.45, 7) is 3.99. The van der Waals surface area contributed by atoms with Gasteiger partial charge in [-0.3, -0.25) is 0 Å². The van der Waals surface area contributed by atoms with Gasteiger partial charge in [-0.1, -0.05) is 30.3 Å². The van der Waals surface area contributed by atoms with Gasteiger partial charge in [0, 0.05) is 0 Å². The summed E-state index contributed by atoms with van der Waals surface area (Å²) in [5.74, 6) is 1.83. The Morgan fingerprint density at radius 2 is 1.88 bits per heavy atom. The van der Waals surface area contributed by atoms with E-state index < -0.39 is 5.79 Å². The Morgan fingerprint density at radius 3 is 2.66 bits per heavy atom. The molecule has 0 unspecified atom stereocenters. The summed E-state index contributed by atoms with van der Waals surface area (Å²) in [6, 6.07) is 10.9. The molecule has 8 heteroatoms. The van der Waals surface area contributed by atoms with Crippen molar-refractivity contribution in [2.24, 2.45) is 17.8 Å². The van der Waals surface area contributed by atoms with Crippen LogP contribution in [0, 0.1) is 17.8 Å². The largest absolute Gasteiger partial charge is 0.361 e. The lowest BCUT2D eigenvalue weighted by Crippen LogP contribution is -2.30. The van der Waals surface area contributed by atoms with E-state index in [4.69, 9.17) is 26.1 Å². The van der Waals surface area contributed by atoms with Gasteiger partial charge < -0.3 is 19.4 Å². The molecule has 7 nitrogen and oxygen atoms in total. The number of aromatic nitrogens is 4. The average molecular weight is 452 g/mol. The third-order valence-electron chi connectivity index (χ3n) is 7.51. The number of fused-ring (bicyclic) bond motifs is 4. The number of benzene rings is 1. The summed E-state index contributed by atoms with van der Waals surface area (Å²) in [7, 11) is 0. The predicted molar refractivity (Wildman–Crippen MR) is 120 cm³/mol. The molecule has 1 aromatic carbocycles. The first kappa shape index (κ1) is 19.3. The Labute approximate surface area is 191 Å². The summed E-state index contributed by atoms with van der Waals surface area (Å²) in [4.78, 5) is 13.9. The Kier molecular flexibility index (Phi) is 4.01. The van der Waals surface area contributed by atoms with Crippen LogP contribution in [0.4, 0.5) is 5.82 Å². The van der Waals surface area contributed by atoms with Crippen molar-refractivity contribution in [3.05, 3.63) is 47.5 Å². The fraction of sp³-hybridized carbons (Fsp3) is 0.542. The number of imidazole rings is 1. The number of ether oxygens (including phenoxy) is 2. The molecular formula is C24H26ClN5O2. The van der Waals surface area contributed by atoms with Gasteiger partial charge in [0.05, 0.1) is 24.5 Å². The van der Waals surface area contributed by atoms with Crippen molar-refractivity contribution in [3.8, 4) is 0 Å². The van der Waals surface area contributed by atoms with Crippen molar-refractivity contribution in [2.75, 3.05) is 5.32 Å². The van der Waals surface area contributed by atoms with Crippen molar-refractivity contribution in [3.63, 3.8) is 0 Å². The van der Waals surface area contributed by atoms with Crippen LogP contribution in [0.2, 0.25) is 5.28 Å². The van der Waals surface area contributed by atoms with Crippen LogP contribution in [-0.2, 0) is 9.47 Å². The number of nitrogens with zero attached hydrogens (tertiary/aromatic N) is 4. The maximum absolute atomic E-state index is 6.43. The van der Waals surface area contributed by atoms with Crippen LogP contribution in [-0.4, -0.2) is 37.5 Å². The van der Waals surface area contributed by atoms with E-state index in [1.54, 1.807) is 0 Å². The predicted octanol–water partition coefficient (Wildman–Crippen LogP) is 4.75. The van der Waals surface area contributed by atoms with Gasteiger partial charge in [0.1, 0.15) is 6.10 Å². The van der Waals surface area contributed by atoms with Gasteiger partial charge in [0.15, 0.2) is 22.8 Å². The van der Waals surface area contributed by atoms with Gasteiger partial charge in [0.25, 0.3) is 0 Å². The second kappa shape index (κ2) is 6.65. The first-order valence-electron chi connectivity index (χ1n) is 11.6. The monoisotopic (exact) mass is 451 g/mol. The van der Waals surface area contributed by atoms with Gasteiger partial charge in [-0.2, -0.15) is 9.97 Å². The second-order valence-corrected chi connectivity index (χ2v) is 10.5. The highest BCUT2D eigenvalue weighted by Crippen LogP contribution is 2.63. The maximum Gasteiger partial charge on any atom is 0.226 e. The zero-order valence-corrected chi connectivity index (χ0v) is 18.9. The first-order valence-corrected chi connectivity index (χ1v) is 11.9. The van der Waals surface area contributed by atoms with Crippen LogP contribution in [0.25, 0.3) is 11.2 Å². The van der Waals surface area contributed by atoms with Gasteiger partial charge >= 0.3 is 0 Å². The average Bonchev–Trinajstić information content (AvgIpc) is 3.66. The molecule has 0 amide bonds. The summed E-state index contributed by atoms with van der Waals surface area (Å²) in [5, 5.41) is 3.89. The van der Waals surface area contributed by atoms with E-state index in [-0.39, 0.29) is 29.6 Å². The lowest BCUT2D eigenvalue weighted by Gasteiger charge is -2.24. The summed E-state index contributed by atoms with van der Waals surface area (Å²) in [5.41, 5.74) is 2.78. The first-order chi connectivity index (χ1) is 15.5. The van der Waals surface area contributed by atoms with E-state index in [2.05, 4.69) is 44.1 Å². The molecule has 0 radical (unpaired) electrons. The number of hydrogen-bond acceptors (Lipinski definition) is 6. The highest BCUT2D eigenvalue weighted by molar-refractivity contribution is 6.28. The van der Waals surface area contributed by atoms with E-state index >= 15 is 0 Å². The van der Waals surface area contributed by atoms with Crippen LogP contribution in [0.3, 0.4) is 0 Å². The lowest BCUT2D eigenvalue weighted by atomic mass is 10.0. The normalized spacial score (nSPS) is 33.2. The molecule has 1 N–H and O–H groups in total. The van der Waals surface area contributed by atoms with Crippen molar-refractivity contribution in [2.45, 2.75) is 63.2 Å². The molecule has 1 saturated heterocycles. The summed E-state index contributed by atoms with van der Waals surface area (Å²) >= 11 is 6.43. The molecule has 7 rings (SSSR count). The van der Waals surface area contributed by atoms with Crippen LogP contribution >= 0.6 is 11.6 Å². The topological polar surface area (TPSA) is 74.1 Å². The van der Waals surface area contributed by atoms with Crippen LogP contribution in [0.1, 0.15) is 50.8 Å². The molecule has 4 fully saturated rings. The molecule has 3 heterocycles. The Hall–Kier alpha value is -2.22. The molecule has 3 aromatic rings. The molecule has 2 aromatic heterocycles. The Balaban J connectivity index is 1.27. The second-order valence-electron chi connectivity index (χ2n) is 10.2. The SMILES string of the molecule is CC1(C)O[C@@H]2[C@@H]3C[C@@H]3[C@@H](n3cnc4c(N[C@@H](c5ccccc5)C5CC5)nc(Cl)nc43)[C@@H]2O1. The summed E-state index contributed by atoms with van der Waals surface area (Å²) < 4.78 is 14.7. The number of halogens is 1. The highest BCUT2D eigenvalue weighted by Gasteiger charge is 2.66. The molecule has 0 spiro atoms. The van der Waals surface area contributed by atoms with Crippen molar-refractivity contribution in [1.82, 2.24) is 19.5 Å². The van der Waals surface area contributed by atoms with Gasteiger partial charge in [-0.15, -0.1) is 0 Å². The van der Waals surface area contributed by atoms with Crippen LogP contribution < -0.4 is 5.32 Å². The van der Waals surface area contributed by atoms with E-state index in [0.29, 0.717) is 23.6 Å². The zero-order valence-electron chi connectivity index (χ0n) is 18.1. The third kappa shape index (κ3) is 2.98. The minimum atomic E-state index is -0.552. The molecule has 32 heavy (non-hydrogen) atoms. The van der Waals surface area contributed by atoms with E-state index in [0.717, 1.165) is 17.6 Å². The van der Waals surface area contributed by atoms with Crippen molar-refractivity contribution < 1.29 is 9.47 Å². The van der Waals surface area contributed by atoms with Gasteiger partial charge in [-0.05, 0) is 68.0 Å². The molecule has 166 valence electrons. The zero-order chi connectivity index (χ0) is 21.6. The van der Waals surface area contributed by atoms with Crippen LogP contribution in [0.15, 0.2) is 36.7 Å². The summed E-state index contributed by atoms with van der Waals surface area (Å²) in [6.07, 6.45) is 5.62. The Morgan fingerprint density at radius 1 is 1.09 bits per heavy atom. The van der Waals surface area contributed by atoms with E-state index in [1.807, 2.05) is 26.2 Å². The maximum atomic E-state index is 6.43.